The van der Waals surface area contributed by atoms with E-state index in [1.807, 2.05) is 30.3 Å². The summed E-state index contributed by atoms with van der Waals surface area (Å²) in [5, 5.41) is 15.1. The van der Waals surface area contributed by atoms with Crippen molar-refractivity contribution in [3.8, 4) is 11.4 Å². The lowest BCUT2D eigenvalue weighted by molar-refractivity contribution is -0.136. The minimum Gasteiger partial charge on any atom is -0.481 e. The van der Waals surface area contributed by atoms with E-state index in [2.05, 4.69) is 15.2 Å². The molecule has 4 N–H and O–H groups in total. The predicted octanol–water partition coefficient (Wildman–Crippen LogP) is 0.274. The average Bonchev–Trinajstić information content (AvgIpc) is 2.67. The van der Waals surface area contributed by atoms with E-state index in [9.17, 15) is 4.79 Å². The molecular weight excluding hydrogens is 210 g/mol. The van der Waals surface area contributed by atoms with Crippen LogP contribution in [0.15, 0.2) is 30.3 Å². The molecular formula is C10H11N3O3. The van der Waals surface area contributed by atoms with Crippen LogP contribution in [0.4, 0.5) is 0 Å². The maximum absolute atomic E-state index is 10.4. The molecule has 1 aromatic carbocycles. The third kappa shape index (κ3) is 2.64. The monoisotopic (exact) mass is 221 g/mol. The SMILES string of the molecule is O.O=C(O)Cc1nc(-c2ccccc2)n[nH]1. The molecule has 0 fully saturated rings. The molecule has 84 valence electrons. The molecule has 0 unspecified atom stereocenters. The number of hydrogen-bond acceptors (Lipinski definition) is 3. The minimum atomic E-state index is -0.925. The van der Waals surface area contributed by atoms with E-state index in [-0.39, 0.29) is 11.9 Å². The number of aromatic nitrogens is 3. The highest BCUT2D eigenvalue weighted by molar-refractivity contribution is 5.69. The number of rotatable bonds is 3. The Morgan fingerprint density at radius 2 is 2.00 bits per heavy atom. The molecule has 1 aromatic heterocycles. The van der Waals surface area contributed by atoms with Crippen molar-refractivity contribution in [3.05, 3.63) is 36.2 Å². The van der Waals surface area contributed by atoms with Gasteiger partial charge in [-0.25, -0.2) is 4.98 Å². The van der Waals surface area contributed by atoms with Gasteiger partial charge in [0.25, 0.3) is 0 Å². The van der Waals surface area contributed by atoms with Gasteiger partial charge in [-0.3, -0.25) is 9.89 Å². The van der Waals surface area contributed by atoms with E-state index in [4.69, 9.17) is 5.11 Å². The van der Waals surface area contributed by atoms with Crippen LogP contribution < -0.4 is 0 Å². The van der Waals surface area contributed by atoms with Crippen molar-refractivity contribution in [1.82, 2.24) is 15.2 Å². The molecule has 0 aliphatic rings. The van der Waals surface area contributed by atoms with E-state index >= 15 is 0 Å². The molecule has 2 aromatic rings. The first kappa shape index (κ1) is 11.9. The van der Waals surface area contributed by atoms with Crippen molar-refractivity contribution in [1.29, 1.82) is 0 Å². The summed E-state index contributed by atoms with van der Waals surface area (Å²) >= 11 is 0. The Kier molecular flexibility index (Phi) is 3.73. The van der Waals surface area contributed by atoms with Crippen LogP contribution in [0.2, 0.25) is 0 Å². The molecule has 0 saturated heterocycles. The number of hydrogen-bond donors (Lipinski definition) is 2. The lowest BCUT2D eigenvalue weighted by Crippen LogP contribution is -2.01. The normalized spacial score (nSPS) is 9.50. The topological polar surface area (TPSA) is 110 Å². The molecule has 0 radical (unpaired) electrons. The van der Waals surface area contributed by atoms with Crippen molar-refractivity contribution < 1.29 is 15.4 Å². The molecule has 0 atom stereocenters. The van der Waals surface area contributed by atoms with Gasteiger partial charge in [0.15, 0.2) is 5.82 Å². The maximum Gasteiger partial charge on any atom is 0.311 e. The third-order valence-corrected chi connectivity index (χ3v) is 1.88. The Hall–Kier alpha value is -2.21. The molecule has 2 rings (SSSR count). The van der Waals surface area contributed by atoms with Crippen molar-refractivity contribution in [2.75, 3.05) is 0 Å². The first-order chi connectivity index (χ1) is 7.25. The number of carbonyl (C=O) groups is 1. The molecule has 0 aliphatic carbocycles. The van der Waals surface area contributed by atoms with Crippen LogP contribution in [0.5, 0.6) is 0 Å². The summed E-state index contributed by atoms with van der Waals surface area (Å²) in [5.74, 6) is -0.0426. The molecule has 0 aliphatic heterocycles. The molecule has 1 heterocycles. The maximum atomic E-state index is 10.4. The van der Waals surface area contributed by atoms with Crippen molar-refractivity contribution >= 4 is 5.97 Å². The second-order valence-corrected chi connectivity index (χ2v) is 3.04. The van der Waals surface area contributed by atoms with Crippen LogP contribution in [0.1, 0.15) is 5.82 Å². The number of nitrogens with zero attached hydrogens (tertiary/aromatic N) is 2. The molecule has 0 saturated carbocycles. The van der Waals surface area contributed by atoms with Crippen LogP contribution in [0, 0.1) is 0 Å². The zero-order valence-corrected chi connectivity index (χ0v) is 8.34. The number of aliphatic carboxylic acids is 1. The van der Waals surface area contributed by atoms with Crippen molar-refractivity contribution in [3.63, 3.8) is 0 Å². The highest BCUT2D eigenvalue weighted by atomic mass is 16.4. The van der Waals surface area contributed by atoms with Gasteiger partial charge in [-0.05, 0) is 0 Å². The molecule has 16 heavy (non-hydrogen) atoms. The van der Waals surface area contributed by atoms with E-state index in [0.717, 1.165) is 5.56 Å². The zero-order valence-electron chi connectivity index (χ0n) is 8.34. The van der Waals surface area contributed by atoms with E-state index in [1.165, 1.54) is 0 Å². The fourth-order valence-corrected chi connectivity index (χ4v) is 1.23. The van der Waals surface area contributed by atoms with Gasteiger partial charge in [-0.1, -0.05) is 30.3 Å². The highest BCUT2D eigenvalue weighted by Gasteiger charge is 2.07. The number of benzene rings is 1. The Morgan fingerprint density at radius 3 is 2.62 bits per heavy atom. The van der Waals surface area contributed by atoms with E-state index in [1.54, 1.807) is 0 Å². The summed E-state index contributed by atoms with van der Waals surface area (Å²) in [6, 6.07) is 9.39. The summed E-state index contributed by atoms with van der Waals surface area (Å²) in [5.41, 5.74) is 0.866. The van der Waals surface area contributed by atoms with Gasteiger partial charge in [-0.2, -0.15) is 5.10 Å². The summed E-state index contributed by atoms with van der Waals surface area (Å²) in [7, 11) is 0. The Bertz CT molecular complexity index is 467. The lowest BCUT2D eigenvalue weighted by Gasteiger charge is -1.91. The summed E-state index contributed by atoms with van der Waals surface area (Å²) < 4.78 is 0. The molecule has 6 nitrogen and oxygen atoms in total. The molecule has 0 bridgehead atoms. The predicted molar refractivity (Wildman–Crippen MR) is 56.8 cm³/mol. The first-order valence-electron chi connectivity index (χ1n) is 4.44. The van der Waals surface area contributed by atoms with E-state index < -0.39 is 5.97 Å². The van der Waals surface area contributed by atoms with Crippen LogP contribution in [-0.2, 0) is 11.2 Å². The van der Waals surface area contributed by atoms with Gasteiger partial charge in [-0.15, -0.1) is 0 Å². The first-order valence-corrected chi connectivity index (χ1v) is 4.44. The van der Waals surface area contributed by atoms with Crippen LogP contribution in [-0.4, -0.2) is 31.7 Å². The summed E-state index contributed by atoms with van der Waals surface area (Å²) in [6.07, 6.45) is -0.139. The Labute approximate surface area is 91.3 Å². The van der Waals surface area contributed by atoms with Crippen LogP contribution in [0.25, 0.3) is 11.4 Å². The standard InChI is InChI=1S/C10H9N3O2.H2O/c14-9(15)6-8-11-10(13-12-8)7-4-2-1-3-5-7;/h1-5H,6H2,(H,14,15)(H,11,12,13);1H2. The highest BCUT2D eigenvalue weighted by Crippen LogP contribution is 2.13. The van der Waals surface area contributed by atoms with Gasteiger partial charge in [0.05, 0.1) is 0 Å². The number of aromatic amines is 1. The van der Waals surface area contributed by atoms with Crippen molar-refractivity contribution in [2.24, 2.45) is 0 Å². The fraction of sp³-hybridized carbons (Fsp3) is 0.100. The Balaban J connectivity index is 0.00000128. The Morgan fingerprint density at radius 1 is 1.31 bits per heavy atom. The largest absolute Gasteiger partial charge is 0.481 e. The zero-order chi connectivity index (χ0) is 10.7. The van der Waals surface area contributed by atoms with Gasteiger partial charge in [0.1, 0.15) is 12.2 Å². The smallest absolute Gasteiger partial charge is 0.311 e. The van der Waals surface area contributed by atoms with Crippen LogP contribution >= 0.6 is 0 Å². The second-order valence-electron chi connectivity index (χ2n) is 3.04. The third-order valence-electron chi connectivity index (χ3n) is 1.88. The second kappa shape index (κ2) is 5.04. The number of nitrogens with one attached hydrogen (secondary N) is 1. The summed E-state index contributed by atoms with van der Waals surface area (Å²) in [4.78, 5) is 14.5. The molecule has 6 heteroatoms. The lowest BCUT2D eigenvalue weighted by atomic mass is 10.2. The minimum absolute atomic E-state index is 0. The quantitative estimate of drug-likeness (QED) is 0.775. The molecule has 0 spiro atoms. The average molecular weight is 221 g/mol. The fourth-order valence-electron chi connectivity index (χ4n) is 1.23. The number of carboxylic acid groups (broad SMARTS) is 1. The number of H-pyrrole nitrogens is 1. The van der Waals surface area contributed by atoms with Gasteiger partial charge < -0.3 is 10.6 Å². The van der Waals surface area contributed by atoms with Crippen molar-refractivity contribution in [2.45, 2.75) is 6.42 Å². The van der Waals surface area contributed by atoms with E-state index in [0.29, 0.717) is 11.6 Å². The van der Waals surface area contributed by atoms with Gasteiger partial charge in [0.2, 0.25) is 0 Å². The van der Waals surface area contributed by atoms with Crippen LogP contribution in [0.3, 0.4) is 0 Å². The van der Waals surface area contributed by atoms with Gasteiger partial charge in [0, 0.05) is 5.56 Å². The number of carboxylic acids is 1. The molecule has 0 amide bonds. The summed E-state index contributed by atoms with van der Waals surface area (Å²) in [6.45, 7) is 0. The van der Waals surface area contributed by atoms with Gasteiger partial charge >= 0.3 is 5.97 Å².